The molecule has 90 valence electrons. The maximum Gasteiger partial charge on any atom is 0.0628 e. The van der Waals surface area contributed by atoms with Gasteiger partial charge in [-0.1, -0.05) is 12.8 Å². The number of nitrogens with zero attached hydrogens (tertiary/aromatic N) is 1. The minimum absolute atomic E-state index is 0.214. The van der Waals surface area contributed by atoms with Gasteiger partial charge < -0.3 is 10.5 Å². The lowest BCUT2D eigenvalue weighted by Gasteiger charge is -2.31. The zero-order valence-corrected chi connectivity index (χ0v) is 9.95. The van der Waals surface area contributed by atoms with Gasteiger partial charge in [0.05, 0.1) is 18.8 Å². The third-order valence-corrected chi connectivity index (χ3v) is 4.16. The third kappa shape index (κ3) is 2.75. The van der Waals surface area contributed by atoms with Crippen molar-refractivity contribution in [3.05, 3.63) is 0 Å². The van der Waals surface area contributed by atoms with Crippen molar-refractivity contribution in [2.45, 2.75) is 51.0 Å². The van der Waals surface area contributed by atoms with Crippen LogP contribution in [0.15, 0.2) is 0 Å². The normalized spacial score (nSPS) is 32.0. The van der Waals surface area contributed by atoms with E-state index in [1.54, 1.807) is 0 Å². The average molecular weight is 222 g/mol. The summed E-state index contributed by atoms with van der Waals surface area (Å²) in [5.41, 5.74) is 5.99. The third-order valence-electron chi connectivity index (χ3n) is 4.16. The Kier molecular flexibility index (Phi) is 3.83. The molecular weight excluding hydrogens is 200 g/mol. The van der Waals surface area contributed by atoms with E-state index < -0.39 is 0 Å². The van der Waals surface area contributed by atoms with Crippen LogP contribution in [0.4, 0.5) is 0 Å². The molecule has 0 aliphatic heterocycles. The number of rotatable bonds is 5. The summed E-state index contributed by atoms with van der Waals surface area (Å²) in [6, 6.07) is 2.28. The number of nitriles is 1. The van der Waals surface area contributed by atoms with Crippen LogP contribution in [-0.4, -0.2) is 19.3 Å². The highest BCUT2D eigenvalue weighted by atomic mass is 16.5. The fourth-order valence-electron chi connectivity index (χ4n) is 2.66. The SMILES string of the molecule is N#CCC1(COC2CCCCC2CN)CC1. The molecule has 2 unspecified atom stereocenters. The van der Waals surface area contributed by atoms with Crippen LogP contribution in [0.3, 0.4) is 0 Å². The van der Waals surface area contributed by atoms with Gasteiger partial charge in [0.2, 0.25) is 0 Å². The number of hydrogen-bond donors (Lipinski definition) is 1. The van der Waals surface area contributed by atoms with E-state index >= 15 is 0 Å². The summed E-state index contributed by atoms with van der Waals surface area (Å²) in [5, 5.41) is 8.75. The summed E-state index contributed by atoms with van der Waals surface area (Å²) in [6.07, 6.45) is 8.29. The Bertz CT molecular complexity index is 268. The van der Waals surface area contributed by atoms with E-state index in [1.165, 1.54) is 32.1 Å². The van der Waals surface area contributed by atoms with Crippen LogP contribution in [0.1, 0.15) is 44.9 Å². The maximum absolute atomic E-state index is 8.75. The van der Waals surface area contributed by atoms with Gasteiger partial charge in [-0.05, 0) is 38.1 Å². The van der Waals surface area contributed by atoms with Crippen LogP contribution in [0, 0.1) is 22.7 Å². The van der Waals surface area contributed by atoms with Crippen molar-refractivity contribution in [2.75, 3.05) is 13.2 Å². The molecule has 2 rings (SSSR count). The van der Waals surface area contributed by atoms with Gasteiger partial charge in [0.25, 0.3) is 0 Å². The Balaban J connectivity index is 1.78. The largest absolute Gasteiger partial charge is 0.377 e. The molecule has 0 aromatic heterocycles. The van der Waals surface area contributed by atoms with Gasteiger partial charge in [0.15, 0.2) is 0 Å². The smallest absolute Gasteiger partial charge is 0.0628 e. The van der Waals surface area contributed by atoms with E-state index in [1.807, 2.05) is 0 Å². The van der Waals surface area contributed by atoms with E-state index in [-0.39, 0.29) is 5.41 Å². The summed E-state index contributed by atoms with van der Waals surface area (Å²) in [7, 11) is 0. The van der Waals surface area contributed by atoms with Crippen LogP contribution in [-0.2, 0) is 4.74 Å². The van der Waals surface area contributed by atoms with Crippen molar-refractivity contribution in [1.82, 2.24) is 0 Å². The lowest BCUT2D eigenvalue weighted by Crippen LogP contribution is -2.34. The van der Waals surface area contributed by atoms with Crippen molar-refractivity contribution >= 4 is 0 Å². The molecule has 3 nitrogen and oxygen atoms in total. The molecule has 0 aromatic rings. The standard InChI is InChI=1S/C13H22N2O/c14-8-7-13(5-6-13)10-16-12-4-2-1-3-11(12)9-15/h11-12H,1-7,9-10,15H2. The van der Waals surface area contributed by atoms with Crippen molar-refractivity contribution in [3.63, 3.8) is 0 Å². The van der Waals surface area contributed by atoms with E-state index in [0.29, 0.717) is 18.4 Å². The van der Waals surface area contributed by atoms with Gasteiger partial charge >= 0.3 is 0 Å². The fraction of sp³-hybridized carbons (Fsp3) is 0.923. The van der Waals surface area contributed by atoms with Gasteiger partial charge in [-0.3, -0.25) is 0 Å². The van der Waals surface area contributed by atoms with E-state index in [0.717, 1.165) is 19.6 Å². The van der Waals surface area contributed by atoms with E-state index in [2.05, 4.69) is 6.07 Å². The van der Waals surface area contributed by atoms with Crippen LogP contribution < -0.4 is 5.73 Å². The van der Waals surface area contributed by atoms with Crippen LogP contribution in [0.25, 0.3) is 0 Å². The molecule has 2 atom stereocenters. The van der Waals surface area contributed by atoms with Crippen LogP contribution in [0.5, 0.6) is 0 Å². The molecule has 0 heterocycles. The van der Waals surface area contributed by atoms with E-state index in [4.69, 9.17) is 15.7 Å². The number of hydrogen-bond acceptors (Lipinski definition) is 3. The second kappa shape index (κ2) is 5.16. The van der Waals surface area contributed by atoms with E-state index in [9.17, 15) is 0 Å². The molecule has 0 aromatic carbocycles. The molecule has 2 saturated carbocycles. The van der Waals surface area contributed by atoms with Gasteiger partial charge in [0, 0.05) is 11.8 Å². The predicted molar refractivity (Wildman–Crippen MR) is 62.6 cm³/mol. The quantitative estimate of drug-likeness (QED) is 0.776. The first-order valence-corrected chi connectivity index (χ1v) is 6.48. The highest BCUT2D eigenvalue weighted by Crippen LogP contribution is 2.49. The summed E-state index contributed by atoms with van der Waals surface area (Å²) >= 11 is 0. The monoisotopic (exact) mass is 222 g/mol. The van der Waals surface area contributed by atoms with Crippen LogP contribution in [0.2, 0.25) is 0 Å². The maximum atomic E-state index is 8.75. The van der Waals surface area contributed by atoms with Crippen molar-refractivity contribution < 1.29 is 4.74 Å². The Labute approximate surface area is 98.0 Å². The molecule has 2 N–H and O–H groups in total. The molecule has 2 fully saturated rings. The van der Waals surface area contributed by atoms with Crippen molar-refractivity contribution in [1.29, 1.82) is 5.26 Å². The predicted octanol–water partition coefficient (Wildman–Crippen LogP) is 2.21. The number of ether oxygens (including phenoxy) is 1. The average Bonchev–Trinajstić information content (AvgIpc) is 3.08. The lowest BCUT2D eigenvalue weighted by molar-refractivity contribution is -0.0286. The zero-order chi connectivity index (χ0) is 11.4. The lowest BCUT2D eigenvalue weighted by atomic mass is 9.86. The zero-order valence-electron chi connectivity index (χ0n) is 9.95. The molecule has 3 heteroatoms. The fourth-order valence-corrected chi connectivity index (χ4v) is 2.66. The molecule has 0 radical (unpaired) electrons. The van der Waals surface area contributed by atoms with Gasteiger partial charge in [-0.25, -0.2) is 0 Å². The first kappa shape index (κ1) is 11.9. The summed E-state index contributed by atoms with van der Waals surface area (Å²) in [6.45, 7) is 1.53. The Morgan fingerprint density at radius 3 is 2.69 bits per heavy atom. The molecule has 2 aliphatic rings. The topological polar surface area (TPSA) is 59.0 Å². The summed E-state index contributed by atoms with van der Waals surface area (Å²) in [4.78, 5) is 0. The Hall–Kier alpha value is -0.590. The minimum atomic E-state index is 0.214. The highest BCUT2D eigenvalue weighted by Gasteiger charge is 2.43. The minimum Gasteiger partial charge on any atom is -0.377 e. The molecule has 0 bridgehead atoms. The van der Waals surface area contributed by atoms with Gasteiger partial charge in [-0.2, -0.15) is 5.26 Å². The molecule has 0 spiro atoms. The molecule has 0 amide bonds. The summed E-state index contributed by atoms with van der Waals surface area (Å²) in [5.74, 6) is 0.548. The molecule has 2 aliphatic carbocycles. The first-order valence-electron chi connectivity index (χ1n) is 6.48. The van der Waals surface area contributed by atoms with Gasteiger partial charge in [0.1, 0.15) is 0 Å². The Morgan fingerprint density at radius 2 is 2.06 bits per heavy atom. The molecule has 0 saturated heterocycles. The van der Waals surface area contributed by atoms with Crippen molar-refractivity contribution in [3.8, 4) is 6.07 Å². The van der Waals surface area contributed by atoms with Crippen LogP contribution >= 0.6 is 0 Å². The highest BCUT2D eigenvalue weighted by molar-refractivity contribution is 4.99. The van der Waals surface area contributed by atoms with Gasteiger partial charge in [-0.15, -0.1) is 0 Å². The Morgan fingerprint density at radius 1 is 1.31 bits per heavy atom. The number of nitrogens with two attached hydrogens (primary N) is 1. The van der Waals surface area contributed by atoms with Crippen molar-refractivity contribution in [2.24, 2.45) is 17.1 Å². The second-order valence-electron chi connectivity index (χ2n) is 5.46. The first-order chi connectivity index (χ1) is 7.79. The molecular formula is C13H22N2O. The molecule has 16 heavy (non-hydrogen) atoms. The second-order valence-corrected chi connectivity index (χ2v) is 5.46. The summed E-state index contributed by atoms with van der Waals surface area (Å²) < 4.78 is 6.04.